The number of ether oxygens (including phenoxy) is 1. The van der Waals surface area contributed by atoms with Gasteiger partial charge in [-0.05, 0) is 26.2 Å². The molecule has 1 aliphatic rings. The molecule has 2 rings (SSSR count). The lowest BCUT2D eigenvalue weighted by molar-refractivity contribution is -0.134. The Morgan fingerprint density at radius 2 is 2.22 bits per heavy atom. The van der Waals surface area contributed by atoms with Gasteiger partial charge in [0.2, 0.25) is 5.91 Å². The summed E-state index contributed by atoms with van der Waals surface area (Å²) in [6, 6.07) is 0. The Morgan fingerprint density at radius 3 is 2.83 bits per heavy atom. The maximum absolute atomic E-state index is 12.1. The lowest BCUT2D eigenvalue weighted by Gasteiger charge is -2.31. The van der Waals surface area contributed by atoms with Crippen molar-refractivity contribution in [1.82, 2.24) is 10.3 Å². The summed E-state index contributed by atoms with van der Waals surface area (Å²) >= 11 is 1.66. The predicted octanol–water partition coefficient (Wildman–Crippen LogP) is 1.90. The van der Waals surface area contributed by atoms with Gasteiger partial charge in [0, 0.05) is 37.0 Å². The summed E-state index contributed by atoms with van der Waals surface area (Å²) in [5, 5.41) is 6.03. The third-order valence-electron chi connectivity index (χ3n) is 3.81. The van der Waals surface area contributed by atoms with Gasteiger partial charge in [0.25, 0.3) is 0 Å². The minimum Gasteiger partial charge on any atom is -0.466 e. The molecule has 1 aliphatic heterocycles. The van der Waals surface area contributed by atoms with Crippen LogP contribution in [0.4, 0.5) is 5.13 Å². The summed E-state index contributed by atoms with van der Waals surface area (Å²) < 4.78 is 4.50. The van der Waals surface area contributed by atoms with E-state index < -0.39 is 0 Å². The van der Waals surface area contributed by atoms with Gasteiger partial charge in [-0.1, -0.05) is 6.08 Å². The lowest BCUT2D eigenvalue weighted by Crippen LogP contribution is -2.40. The fourth-order valence-electron chi connectivity index (χ4n) is 2.49. The molecule has 1 aromatic rings. The highest BCUT2D eigenvalue weighted by Gasteiger charge is 2.25. The lowest BCUT2D eigenvalue weighted by atomic mass is 9.96. The van der Waals surface area contributed by atoms with E-state index in [1.54, 1.807) is 17.4 Å². The van der Waals surface area contributed by atoms with Gasteiger partial charge in [-0.15, -0.1) is 11.3 Å². The minimum atomic E-state index is -0.374. The molecule has 126 valence electrons. The van der Waals surface area contributed by atoms with Crippen LogP contribution < -0.4 is 10.2 Å². The molecule has 1 N–H and O–H groups in total. The van der Waals surface area contributed by atoms with Crippen LogP contribution in [-0.2, 0) is 14.3 Å². The zero-order valence-corrected chi connectivity index (χ0v) is 14.4. The highest BCUT2D eigenvalue weighted by Crippen LogP contribution is 2.26. The van der Waals surface area contributed by atoms with Crippen molar-refractivity contribution >= 4 is 28.3 Å². The highest BCUT2D eigenvalue weighted by atomic mass is 32.1. The minimum absolute atomic E-state index is 0.0666. The van der Waals surface area contributed by atoms with Crippen molar-refractivity contribution in [2.24, 2.45) is 5.92 Å². The number of hydrogen-bond donors (Lipinski definition) is 1. The van der Waals surface area contributed by atoms with Crippen molar-refractivity contribution in [3.05, 3.63) is 23.2 Å². The van der Waals surface area contributed by atoms with Crippen LogP contribution >= 0.6 is 11.3 Å². The summed E-state index contributed by atoms with van der Waals surface area (Å²) in [6.45, 7) is 4.27. The van der Waals surface area contributed by atoms with Gasteiger partial charge in [0.1, 0.15) is 0 Å². The third-order valence-corrected chi connectivity index (χ3v) is 4.83. The van der Waals surface area contributed by atoms with Crippen LogP contribution in [0, 0.1) is 12.8 Å². The number of piperidine rings is 1. The van der Waals surface area contributed by atoms with E-state index in [0.717, 1.165) is 36.8 Å². The number of nitrogens with zero attached hydrogens (tertiary/aromatic N) is 2. The first-order valence-electron chi connectivity index (χ1n) is 7.79. The highest BCUT2D eigenvalue weighted by molar-refractivity contribution is 7.13. The smallest absolute Gasteiger partial charge is 0.330 e. The van der Waals surface area contributed by atoms with Gasteiger partial charge >= 0.3 is 5.97 Å². The molecule has 0 spiro atoms. The van der Waals surface area contributed by atoms with Crippen LogP contribution in [0.3, 0.4) is 0 Å². The molecular formula is C16H23N3O3S. The van der Waals surface area contributed by atoms with Gasteiger partial charge in [0.05, 0.1) is 12.8 Å². The van der Waals surface area contributed by atoms with Crippen molar-refractivity contribution in [1.29, 1.82) is 0 Å². The molecule has 0 unspecified atom stereocenters. The SMILES string of the molecule is COC(=O)/C=C/CCNC(=O)C1CCN(c2nc(C)cs2)CC1. The van der Waals surface area contributed by atoms with Crippen molar-refractivity contribution in [3.8, 4) is 0 Å². The standard InChI is InChI=1S/C16H23N3O3S/c1-12-11-23-16(18-12)19-9-6-13(7-10-19)15(21)17-8-4-3-5-14(20)22-2/h3,5,11,13H,4,6-10H2,1-2H3,(H,17,21)/b5-3+. The first-order chi connectivity index (χ1) is 11.1. The van der Waals surface area contributed by atoms with Gasteiger partial charge in [-0.25, -0.2) is 9.78 Å². The summed E-state index contributed by atoms with van der Waals surface area (Å²) in [4.78, 5) is 29.8. The van der Waals surface area contributed by atoms with E-state index in [1.807, 2.05) is 6.92 Å². The number of esters is 1. The molecule has 6 nitrogen and oxygen atoms in total. The number of aromatic nitrogens is 1. The molecular weight excluding hydrogens is 314 g/mol. The van der Waals surface area contributed by atoms with Crippen molar-refractivity contribution in [2.75, 3.05) is 31.6 Å². The molecule has 1 aromatic heterocycles. The van der Waals surface area contributed by atoms with Crippen molar-refractivity contribution in [2.45, 2.75) is 26.2 Å². The van der Waals surface area contributed by atoms with E-state index in [9.17, 15) is 9.59 Å². The molecule has 2 heterocycles. The van der Waals surface area contributed by atoms with E-state index in [0.29, 0.717) is 13.0 Å². The first-order valence-corrected chi connectivity index (χ1v) is 8.67. The molecule has 0 aromatic carbocycles. The quantitative estimate of drug-likeness (QED) is 0.488. The molecule has 7 heteroatoms. The average Bonchev–Trinajstić information content (AvgIpc) is 3.00. The summed E-state index contributed by atoms with van der Waals surface area (Å²) in [6.07, 6.45) is 5.41. The maximum Gasteiger partial charge on any atom is 0.330 e. The molecule has 0 bridgehead atoms. The largest absolute Gasteiger partial charge is 0.466 e. The number of carbonyl (C=O) groups is 2. The second-order valence-electron chi connectivity index (χ2n) is 5.54. The molecule has 1 amide bonds. The average molecular weight is 337 g/mol. The van der Waals surface area contributed by atoms with Crippen LogP contribution in [0.2, 0.25) is 0 Å². The van der Waals surface area contributed by atoms with Crippen LogP contribution in [-0.4, -0.2) is 43.6 Å². The van der Waals surface area contributed by atoms with E-state index in [-0.39, 0.29) is 17.8 Å². The fraction of sp³-hybridized carbons (Fsp3) is 0.562. The fourth-order valence-corrected chi connectivity index (χ4v) is 3.35. The molecule has 0 radical (unpaired) electrons. The van der Waals surface area contributed by atoms with Crippen LogP contribution in [0.15, 0.2) is 17.5 Å². The van der Waals surface area contributed by atoms with Gasteiger partial charge in [0.15, 0.2) is 5.13 Å². The topological polar surface area (TPSA) is 71.5 Å². The molecule has 1 saturated heterocycles. The maximum atomic E-state index is 12.1. The summed E-state index contributed by atoms with van der Waals surface area (Å²) in [5.41, 5.74) is 1.05. The number of methoxy groups -OCH3 is 1. The number of amides is 1. The van der Waals surface area contributed by atoms with Gasteiger partial charge in [-0.3, -0.25) is 4.79 Å². The van der Waals surface area contributed by atoms with Crippen LogP contribution in [0.5, 0.6) is 0 Å². The first kappa shape index (κ1) is 17.5. The molecule has 0 saturated carbocycles. The number of nitrogens with one attached hydrogen (secondary N) is 1. The second kappa shape index (κ2) is 8.67. The van der Waals surface area contributed by atoms with E-state index in [2.05, 4.69) is 25.3 Å². The van der Waals surface area contributed by atoms with E-state index in [1.165, 1.54) is 13.2 Å². The molecule has 0 aliphatic carbocycles. The Hall–Kier alpha value is -1.89. The third kappa shape index (κ3) is 5.35. The summed E-state index contributed by atoms with van der Waals surface area (Å²) in [7, 11) is 1.34. The normalized spacial score (nSPS) is 15.8. The van der Waals surface area contributed by atoms with E-state index in [4.69, 9.17) is 0 Å². The summed E-state index contributed by atoms with van der Waals surface area (Å²) in [5.74, 6) is -0.204. The Bertz CT molecular complexity index is 563. The molecule has 0 atom stereocenters. The Balaban J connectivity index is 1.67. The number of aryl methyl sites for hydroxylation is 1. The Kier molecular flexibility index (Phi) is 6.58. The van der Waals surface area contributed by atoms with Gasteiger partial charge in [-0.2, -0.15) is 0 Å². The monoisotopic (exact) mass is 337 g/mol. The zero-order valence-electron chi connectivity index (χ0n) is 13.6. The van der Waals surface area contributed by atoms with Crippen LogP contribution in [0.1, 0.15) is 25.0 Å². The Morgan fingerprint density at radius 1 is 1.48 bits per heavy atom. The van der Waals surface area contributed by atoms with Crippen molar-refractivity contribution < 1.29 is 14.3 Å². The van der Waals surface area contributed by atoms with E-state index >= 15 is 0 Å². The van der Waals surface area contributed by atoms with Crippen molar-refractivity contribution in [3.63, 3.8) is 0 Å². The number of anilines is 1. The molecule has 1 fully saturated rings. The number of carbonyl (C=O) groups excluding carboxylic acids is 2. The number of thiazole rings is 1. The van der Waals surface area contributed by atoms with Crippen LogP contribution in [0.25, 0.3) is 0 Å². The Labute approximate surface area is 140 Å². The number of rotatable bonds is 6. The molecule has 23 heavy (non-hydrogen) atoms. The number of hydrogen-bond acceptors (Lipinski definition) is 6. The second-order valence-corrected chi connectivity index (χ2v) is 6.37. The predicted molar refractivity (Wildman–Crippen MR) is 90.6 cm³/mol. The zero-order chi connectivity index (χ0) is 16.7. The van der Waals surface area contributed by atoms with Gasteiger partial charge < -0.3 is 15.0 Å².